The molecule has 0 amide bonds. The fourth-order valence-electron chi connectivity index (χ4n) is 1.60. The number of aliphatic carboxylic acids is 1. The normalized spacial score (nSPS) is 15.3. The molecule has 4 heteroatoms. The summed E-state index contributed by atoms with van der Waals surface area (Å²) in [5.41, 5.74) is -0.818. The van der Waals surface area contributed by atoms with Crippen molar-refractivity contribution in [3.8, 4) is 0 Å². The van der Waals surface area contributed by atoms with E-state index in [2.05, 4.69) is 5.32 Å². The summed E-state index contributed by atoms with van der Waals surface area (Å²) in [4.78, 5) is 11.1. The molecular formula is C11H23NO3. The Kier molecular flexibility index (Phi) is 6.52. The van der Waals surface area contributed by atoms with Crippen LogP contribution in [0.3, 0.4) is 0 Å². The number of methoxy groups -OCH3 is 1. The molecule has 0 saturated heterocycles. The molecule has 0 aliphatic rings. The van der Waals surface area contributed by atoms with Crippen molar-refractivity contribution in [2.24, 2.45) is 0 Å². The summed E-state index contributed by atoms with van der Waals surface area (Å²) in [5, 5.41) is 12.2. The van der Waals surface area contributed by atoms with Gasteiger partial charge in [0.1, 0.15) is 5.54 Å². The van der Waals surface area contributed by atoms with Gasteiger partial charge in [0.15, 0.2) is 0 Å². The van der Waals surface area contributed by atoms with Crippen molar-refractivity contribution in [1.82, 2.24) is 5.32 Å². The molecular weight excluding hydrogens is 194 g/mol. The molecule has 1 unspecified atom stereocenters. The molecule has 0 rings (SSSR count). The van der Waals surface area contributed by atoms with Crippen molar-refractivity contribution < 1.29 is 14.6 Å². The van der Waals surface area contributed by atoms with Crippen molar-refractivity contribution in [3.63, 3.8) is 0 Å². The Balaban J connectivity index is 4.08. The molecule has 0 aromatic heterocycles. The summed E-state index contributed by atoms with van der Waals surface area (Å²) >= 11 is 0. The maximum absolute atomic E-state index is 11.1. The van der Waals surface area contributed by atoms with Crippen LogP contribution in [0.25, 0.3) is 0 Å². The summed E-state index contributed by atoms with van der Waals surface area (Å²) in [6.07, 6.45) is 2.39. The molecule has 0 spiro atoms. The van der Waals surface area contributed by atoms with Crippen molar-refractivity contribution >= 4 is 5.97 Å². The van der Waals surface area contributed by atoms with Crippen LogP contribution in [0.15, 0.2) is 0 Å². The monoisotopic (exact) mass is 217 g/mol. The van der Waals surface area contributed by atoms with Gasteiger partial charge in [0.2, 0.25) is 0 Å². The lowest BCUT2D eigenvalue weighted by Gasteiger charge is -2.28. The van der Waals surface area contributed by atoms with Crippen LogP contribution in [0.4, 0.5) is 0 Å². The molecule has 90 valence electrons. The van der Waals surface area contributed by atoms with Crippen LogP contribution in [0.1, 0.15) is 40.0 Å². The number of hydrogen-bond acceptors (Lipinski definition) is 3. The molecule has 0 aromatic carbocycles. The van der Waals surface area contributed by atoms with Crippen LogP contribution in [-0.2, 0) is 9.53 Å². The quantitative estimate of drug-likeness (QED) is 0.607. The number of hydrogen-bond donors (Lipinski definition) is 2. The number of carbonyl (C=O) groups is 1. The Hall–Kier alpha value is -0.610. The van der Waals surface area contributed by atoms with Gasteiger partial charge in [-0.3, -0.25) is 10.1 Å². The molecule has 4 nitrogen and oxygen atoms in total. The Morgan fingerprint density at radius 1 is 1.47 bits per heavy atom. The minimum Gasteiger partial charge on any atom is -0.480 e. The van der Waals surface area contributed by atoms with E-state index in [4.69, 9.17) is 9.84 Å². The molecule has 2 N–H and O–H groups in total. The van der Waals surface area contributed by atoms with Gasteiger partial charge >= 0.3 is 5.97 Å². The lowest BCUT2D eigenvalue weighted by atomic mass is 9.94. The van der Waals surface area contributed by atoms with Crippen molar-refractivity contribution in [2.75, 3.05) is 13.7 Å². The van der Waals surface area contributed by atoms with Crippen LogP contribution in [0.5, 0.6) is 0 Å². The standard InChI is InChI=1S/C11H23NO3/c1-9(2)12-11(3,10(13)14)7-5-6-8-15-4/h9,12H,5-8H2,1-4H3,(H,13,14). The summed E-state index contributed by atoms with van der Waals surface area (Å²) in [7, 11) is 1.66. The second-order valence-electron chi connectivity index (χ2n) is 4.39. The smallest absolute Gasteiger partial charge is 0.323 e. The van der Waals surface area contributed by atoms with Gasteiger partial charge in [-0.2, -0.15) is 0 Å². The van der Waals surface area contributed by atoms with Crippen LogP contribution in [0.2, 0.25) is 0 Å². The highest BCUT2D eigenvalue weighted by Gasteiger charge is 2.32. The fourth-order valence-corrected chi connectivity index (χ4v) is 1.60. The first-order chi connectivity index (χ1) is 6.92. The van der Waals surface area contributed by atoms with E-state index in [0.29, 0.717) is 13.0 Å². The summed E-state index contributed by atoms with van der Waals surface area (Å²) in [6.45, 7) is 6.34. The Morgan fingerprint density at radius 2 is 2.07 bits per heavy atom. The van der Waals surface area contributed by atoms with E-state index in [0.717, 1.165) is 12.8 Å². The molecule has 0 radical (unpaired) electrons. The largest absolute Gasteiger partial charge is 0.480 e. The minimum atomic E-state index is -0.818. The van der Waals surface area contributed by atoms with Gasteiger partial charge in [-0.25, -0.2) is 0 Å². The maximum atomic E-state index is 11.1. The zero-order valence-corrected chi connectivity index (χ0v) is 10.2. The fraction of sp³-hybridized carbons (Fsp3) is 0.909. The molecule has 15 heavy (non-hydrogen) atoms. The molecule has 0 aliphatic carbocycles. The zero-order valence-electron chi connectivity index (χ0n) is 10.2. The van der Waals surface area contributed by atoms with Crippen LogP contribution in [0, 0.1) is 0 Å². The van der Waals surface area contributed by atoms with Gasteiger partial charge in [-0.15, -0.1) is 0 Å². The van der Waals surface area contributed by atoms with Crippen molar-refractivity contribution in [3.05, 3.63) is 0 Å². The number of ether oxygens (including phenoxy) is 1. The average molecular weight is 217 g/mol. The third-order valence-corrected chi connectivity index (χ3v) is 2.35. The highest BCUT2D eigenvalue weighted by atomic mass is 16.5. The molecule has 0 bridgehead atoms. The SMILES string of the molecule is COCCCCC(C)(NC(C)C)C(=O)O. The Morgan fingerprint density at radius 3 is 2.47 bits per heavy atom. The van der Waals surface area contributed by atoms with Crippen molar-refractivity contribution in [1.29, 1.82) is 0 Å². The van der Waals surface area contributed by atoms with Gasteiger partial charge in [0.25, 0.3) is 0 Å². The van der Waals surface area contributed by atoms with Gasteiger partial charge in [0, 0.05) is 19.8 Å². The Bertz CT molecular complexity index is 194. The number of rotatable bonds is 8. The Labute approximate surface area is 92.0 Å². The summed E-state index contributed by atoms with van der Waals surface area (Å²) in [6, 6.07) is 0.175. The van der Waals surface area contributed by atoms with Crippen LogP contribution < -0.4 is 5.32 Å². The van der Waals surface area contributed by atoms with Gasteiger partial charge in [0.05, 0.1) is 0 Å². The van der Waals surface area contributed by atoms with E-state index >= 15 is 0 Å². The van der Waals surface area contributed by atoms with E-state index in [9.17, 15) is 4.79 Å². The van der Waals surface area contributed by atoms with E-state index in [-0.39, 0.29) is 6.04 Å². The highest BCUT2D eigenvalue weighted by Crippen LogP contribution is 2.15. The third-order valence-electron chi connectivity index (χ3n) is 2.35. The zero-order chi connectivity index (χ0) is 11.9. The summed E-state index contributed by atoms with van der Waals surface area (Å²) < 4.78 is 4.93. The lowest BCUT2D eigenvalue weighted by Crippen LogP contribution is -2.52. The van der Waals surface area contributed by atoms with E-state index in [1.807, 2.05) is 13.8 Å². The molecule has 0 aliphatic heterocycles. The number of carboxylic acids is 1. The second-order valence-corrected chi connectivity index (χ2v) is 4.39. The predicted molar refractivity (Wildman–Crippen MR) is 60.0 cm³/mol. The molecule has 0 fully saturated rings. The topological polar surface area (TPSA) is 58.6 Å². The van der Waals surface area contributed by atoms with Gasteiger partial charge in [-0.05, 0) is 40.0 Å². The highest BCUT2D eigenvalue weighted by molar-refractivity contribution is 5.78. The van der Waals surface area contributed by atoms with Gasteiger partial charge in [-0.1, -0.05) is 0 Å². The second kappa shape index (κ2) is 6.80. The van der Waals surface area contributed by atoms with Crippen LogP contribution in [-0.4, -0.2) is 36.4 Å². The average Bonchev–Trinajstić information content (AvgIpc) is 2.11. The van der Waals surface area contributed by atoms with E-state index in [1.54, 1.807) is 14.0 Å². The molecule has 1 atom stereocenters. The number of unbranched alkanes of at least 4 members (excludes halogenated alkanes) is 1. The number of carboxylic acid groups (broad SMARTS) is 1. The molecule has 0 saturated carbocycles. The molecule has 0 aromatic rings. The lowest BCUT2D eigenvalue weighted by molar-refractivity contribution is -0.144. The first kappa shape index (κ1) is 14.4. The predicted octanol–water partition coefficient (Wildman–Crippen LogP) is 1.64. The van der Waals surface area contributed by atoms with E-state index < -0.39 is 11.5 Å². The third kappa shape index (κ3) is 5.74. The summed E-state index contributed by atoms with van der Waals surface area (Å²) in [5.74, 6) is -0.784. The molecule has 0 heterocycles. The number of nitrogens with one attached hydrogen (secondary N) is 1. The maximum Gasteiger partial charge on any atom is 0.323 e. The van der Waals surface area contributed by atoms with Gasteiger partial charge < -0.3 is 9.84 Å². The van der Waals surface area contributed by atoms with Crippen LogP contribution >= 0.6 is 0 Å². The first-order valence-electron chi connectivity index (χ1n) is 5.42. The van der Waals surface area contributed by atoms with E-state index in [1.165, 1.54) is 0 Å². The minimum absolute atomic E-state index is 0.175. The first-order valence-corrected chi connectivity index (χ1v) is 5.42. The van der Waals surface area contributed by atoms with Crippen molar-refractivity contribution in [2.45, 2.75) is 51.6 Å².